The standard InChI is InChI=1S/C17H23Cl2NO4/c1-11-8-13(12(2)20(11)6-5-7-23-4)14(21)9-24-15(22)16(3)10-17(16,18)19/h8H,5-7,9-10H2,1-4H3. The van der Waals surface area contributed by atoms with Crippen LogP contribution in [0.25, 0.3) is 0 Å². The van der Waals surface area contributed by atoms with E-state index in [1.165, 1.54) is 0 Å². The van der Waals surface area contributed by atoms with Crippen molar-refractivity contribution in [3.05, 3.63) is 23.0 Å². The highest BCUT2D eigenvalue weighted by Gasteiger charge is 2.69. The van der Waals surface area contributed by atoms with Crippen molar-refractivity contribution in [2.75, 3.05) is 20.3 Å². The molecule has 0 spiro atoms. The van der Waals surface area contributed by atoms with Gasteiger partial charge in [-0.25, -0.2) is 0 Å². The largest absolute Gasteiger partial charge is 0.457 e. The number of methoxy groups -OCH3 is 1. The van der Waals surface area contributed by atoms with Gasteiger partial charge < -0.3 is 14.0 Å². The maximum Gasteiger partial charge on any atom is 0.315 e. The van der Waals surface area contributed by atoms with Crippen molar-refractivity contribution in [3.63, 3.8) is 0 Å². The molecule has 1 saturated carbocycles. The first-order valence-corrected chi connectivity index (χ1v) is 8.63. The minimum Gasteiger partial charge on any atom is -0.457 e. The quantitative estimate of drug-likeness (QED) is 0.302. The van der Waals surface area contributed by atoms with E-state index in [9.17, 15) is 9.59 Å². The van der Waals surface area contributed by atoms with Gasteiger partial charge in [-0.15, -0.1) is 23.2 Å². The van der Waals surface area contributed by atoms with Crippen LogP contribution in [-0.4, -0.2) is 41.0 Å². The van der Waals surface area contributed by atoms with Gasteiger partial charge in [0.2, 0.25) is 5.78 Å². The zero-order chi connectivity index (χ0) is 18.1. The van der Waals surface area contributed by atoms with Crippen molar-refractivity contribution in [1.82, 2.24) is 4.57 Å². The predicted molar refractivity (Wildman–Crippen MR) is 92.8 cm³/mol. The van der Waals surface area contributed by atoms with E-state index in [0.29, 0.717) is 18.6 Å². The van der Waals surface area contributed by atoms with E-state index < -0.39 is 15.7 Å². The smallest absolute Gasteiger partial charge is 0.315 e. The van der Waals surface area contributed by atoms with Crippen LogP contribution in [0.5, 0.6) is 0 Å². The Bertz CT molecular complexity index is 653. The molecule has 0 bridgehead atoms. The summed E-state index contributed by atoms with van der Waals surface area (Å²) >= 11 is 11.9. The number of carbonyl (C=O) groups excluding carboxylic acids is 2. The van der Waals surface area contributed by atoms with E-state index in [2.05, 4.69) is 4.57 Å². The molecule has 134 valence electrons. The third-order valence-electron chi connectivity index (χ3n) is 4.65. The Kier molecular flexibility index (Phi) is 5.68. The van der Waals surface area contributed by atoms with Gasteiger partial charge in [0.05, 0.1) is 0 Å². The Balaban J connectivity index is 1.98. The Labute approximate surface area is 152 Å². The number of ketones is 1. The molecule has 1 unspecified atom stereocenters. The second-order valence-electron chi connectivity index (χ2n) is 6.50. The van der Waals surface area contributed by atoms with Gasteiger partial charge in [-0.05, 0) is 33.3 Å². The van der Waals surface area contributed by atoms with E-state index in [4.69, 9.17) is 32.7 Å². The number of nitrogens with zero attached hydrogens (tertiary/aromatic N) is 1. The molecule has 7 heteroatoms. The lowest BCUT2D eigenvalue weighted by molar-refractivity contribution is -0.148. The Morgan fingerprint density at radius 3 is 2.50 bits per heavy atom. The Morgan fingerprint density at radius 2 is 1.96 bits per heavy atom. The summed E-state index contributed by atoms with van der Waals surface area (Å²) in [5, 5.41) is 0. The molecule has 0 amide bonds. The van der Waals surface area contributed by atoms with Gasteiger partial charge in [-0.1, -0.05) is 0 Å². The number of hydrogen-bond acceptors (Lipinski definition) is 4. The molecule has 1 aromatic heterocycles. The van der Waals surface area contributed by atoms with Crippen molar-refractivity contribution in [3.8, 4) is 0 Å². The second-order valence-corrected chi connectivity index (χ2v) is 7.98. The van der Waals surface area contributed by atoms with Gasteiger partial charge in [0, 0.05) is 43.6 Å². The first kappa shape index (κ1) is 19.3. The summed E-state index contributed by atoms with van der Waals surface area (Å²) in [5.74, 6) is -0.761. The van der Waals surface area contributed by atoms with Crippen LogP contribution in [-0.2, 0) is 20.8 Å². The molecule has 0 radical (unpaired) electrons. The van der Waals surface area contributed by atoms with E-state index >= 15 is 0 Å². The molecule has 1 aliphatic rings. The van der Waals surface area contributed by atoms with E-state index in [1.807, 2.05) is 19.9 Å². The number of alkyl halides is 2. The van der Waals surface area contributed by atoms with Crippen molar-refractivity contribution in [1.29, 1.82) is 0 Å². The van der Waals surface area contributed by atoms with Crippen LogP contribution in [0.3, 0.4) is 0 Å². The summed E-state index contributed by atoms with van der Waals surface area (Å²) < 4.78 is 11.2. The van der Waals surface area contributed by atoms with Crippen LogP contribution in [0, 0.1) is 19.3 Å². The number of halogens is 2. The molecule has 24 heavy (non-hydrogen) atoms. The summed E-state index contributed by atoms with van der Waals surface area (Å²) in [7, 11) is 1.66. The number of aromatic nitrogens is 1. The van der Waals surface area contributed by atoms with Crippen LogP contribution in [0.4, 0.5) is 0 Å². The highest BCUT2D eigenvalue weighted by atomic mass is 35.5. The van der Waals surface area contributed by atoms with Crippen molar-refractivity contribution in [2.45, 2.75) is 44.5 Å². The SMILES string of the molecule is COCCCn1c(C)cc(C(=O)COC(=O)C2(C)CC2(Cl)Cl)c1C. The highest BCUT2D eigenvalue weighted by Crippen LogP contribution is 2.64. The molecule has 1 aliphatic carbocycles. The minimum absolute atomic E-state index is 0.228. The summed E-state index contributed by atoms with van der Waals surface area (Å²) in [6.07, 6.45) is 1.20. The highest BCUT2D eigenvalue weighted by molar-refractivity contribution is 6.53. The van der Waals surface area contributed by atoms with Crippen LogP contribution >= 0.6 is 23.2 Å². The summed E-state index contributed by atoms with van der Waals surface area (Å²) in [5.41, 5.74) is 1.51. The Hall–Kier alpha value is -1.04. The molecule has 0 saturated heterocycles. The average Bonchev–Trinajstić information content (AvgIpc) is 2.91. The maximum atomic E-state index is 12.4. The topological polar surface area (TPSA) is 57.5 Å². The fourth-order valence-electron chi connectivity index (χ4n) is 2.78. The third-order valence-corrected chi connectivity index (χ3v) is 5.75. The zero-order valence-electron chi connectivity index (χ0n) is 14.4. The Morgan fingerprint density at radius 1 is 1.33 bits per heavy atom. The summed E-state index contributed by atoms with van der Waals surface area (Å²) in [4.78, 5) is 24.4. The number of esters is 1. The van der Waals surface area contributed by atoms with E-state index in [0.717, 1.165) is 24.4 Å². The number of rotatable bonds is 8. The lowest BCUT2D eigenvalue weighted by Crippen LogP contribution is -2.24. The van der Waals surface area contributed by atoms with Gasteiger partial charge in [-0.2, -0.15) is 0 Å². The fourth-order valence-corrected chi connectivity index (χ4v) is 3.47. The minimum atomic E-state index is -1.09. The first-order valence-electron chi connectivity index (χ1n) is 7.88. The molecule has 2 rings (SSSR count). The number of carbonyl (C=O) groups is 2. The van der Waals surface area contributed by atoms with Crippen LogP contribution in [0.1, 0.15) is 41.5 Å². The number of aryl methyl sites for hydroxylation is 1. The molecule has 1 atom stereocenters. The summed E-state index contributed by atoms with van der Waals surface area (Å²) in [6, 6.07) is 1.82. The number of Topliss-reactive ketones (excluding diaryl/α,β-unsaturated/α-hetero) is 1. The molecule has 1 fully saturated rings. The zero-order valence-corrected chi connectivity index (χ0v) is 16.0. The van der Waals surface area contributed by atoms with Gasteiger partial charge in [0.25, 0.3) is 0 Å². The molecular formula is C17H23Cl2NO4. The molecule has 1 aromatic rings. The second kappa shape index (κ2) is 7.06. The van der Waals surface area contributed by atoms with Gasteiger partial charge >= 0.3 is 5.97 Å². The average molecular weight is 376 g/mol. The van der Waals surface area contributed by atoms with E-state index in [-0.39, 0.29) is 12.4 Å². The summed E-state index contributed by atoms with van der Waals surface area (Å²) in [6.45, 7) is 6.61. The molecule has 0 N–H and O–H groups in total. The molecule has 0 aromatic carbocycles. The van der Waals surface area contributed by atoms with Crippen molar-refractivity contribution >= 4 is 35.0 Å². The first-order chi connectivity index (χ1) is 11.1. The van der Waals surface area contributed by atoms with Crippen molar-refractivity contribution in [2.24, 2.45) is 5.41 Å². The van der Waals surface area contributed by atoms with Crippen LogP contribution in [0.2, 0.25) is 0 Å². The van der Waals surface area contributed by atoms with Gasteiger partial charge in [0.15, 0.2) is 6.61 Å². The molecule has 1 heterocycles. The van der Waals surface area contributed by atoms with Crippen LogP contribution in [0.15, 0.2) is 6.07 Å². The maximum absolute atomic E-state index is 12.4. The fraction of sp³-hybridized carbons (Fsp3) is 0.647. The molecule has 0 aliphatic heterocycles. The monoisotopic (exact) mass is 375 g/mol. The van der Waals surface area contributed by atoms with Gasteiger partial charge in [-0.3, -0.25) is 9.59 Å². The van der Waals surface area contributed by atoms with Gasteiger partial charge in [0.1, 0.15) is 9.75 Å². The lowest BCUT2D eigenvalue weighted by atomic mass is 10.1. The normalized spacial score (nSPS) is 21.6. The number of hydrogen-bond donors (Lipinski definition) is 0. The van der Waals surface area contributed by atoms with Crippen LogP contribution < -0.4 is 0 Å². The predicted octanol–water partition coefficient (Wildman–Crippen LogP) is 3.45. The lowest BCUT2D eigenvalue weighted by Gasteiger charge is -2.12. The molecule has 5 nitrogen and oxygen atoms in total. The van der Waals surface area contributed by atoms with Crippen molar-refractivity contribution < 1.29 is 19.1 Å². The molecular weight excluding hydrogens is 353 g/mol. The third kappa shape index (κ3) is 3.63. The number of ether oxygens (including phenoxy) is 2. The van der Waals surface area contributed by atoms with E-state index in [1.54, 1.807) is 14.0 Å².